The molecule has 0 spiro atoms. The molecule has 0 heterocycles. The van der Waals surface area contributed by atoms with Gasteiger partial charge in [-0.2, -0.15) is 0 Å². The van der Waals surface area contributed by atoms with Crippen molar-refractivity contribution in [1.29, 1.82) is 0 Å². The number of carbonyl (C=O) groups excluding carboxylic acids is 1. The Balaban J connectivity index is 2.09. The van der Waals surface area contributed by atoms with Crippen LogP contribution in [-0.2, 0) is 14.8 Å². The highest BCUT2D eigenvalue weighted by molar-refractivity contribution is 7.89. The van der Waals surface area contributed by atoms with E-state index in [9.17, 15) is 17.6 Å². The van der Waals surface area contributed by atoms with Crippen molar-refractivity contribution >= 4 is 33.2 Å². The fourth-order valence-corrected chi connectivity index (χ4v) is 2.58. The maximum atomic E-state index is 13.0. The summed E-state index contributed by atoms with van der Waals surface area (Å²) < 4.78 is 41.0. The van der Waals surface area contributed by atoms with E-state index >= 15 is 0 Å². The van der Waals surface area contributed by atoms with Gasteiger partial charge in [-0.05, 0) is 43.3 Å². The predicted octanol–water partition coefficient (Wildman–Crippen LogP) is 2.53. The van der Waals surface area contributed by atoms with Crippen LogP contribution in [0.15, 0.2) is 47.4 Å². The molecule has 9 heteroatoms. The third kappa shape index (κ3) is 4.67. The molecule has 3 N–H and O–H groups in total. The number of amides is 1. The molecule has 0 aliphatic carbocycles. The number of primary sulfonamides is 1. The summed E-state index contributed by atoms with van der Waals surface area (Å²) in [5.74, 6) is -0.912. The van der Waals surface area contributed by atoms with Crippen molar-refractivity contribution in [2.45, 2.75) is 17.9 Å². The van der Waals surface area contributed by atoms with Gasteiger partial charge in [0.2, 0.25) is 10.0 Å². The molecule has 2 rings (SSSR count). The summed E-state index contributed by atoms with van der Waals surface area (Å²) in [6.07, 6.45) is -0.953. The van der Waals surface area contributed by atoms with Crippen LogP contribution in [0.3, 0.4) is 0 Å². The minimum atomic E-state index is -3.88. The molecule has 128 valence electrons. The minimum absolute atomic E-state index is 0.0332. The first kappa shape index (κ1) is 18.2. The van der Waals surface area contributed by atoms with Crippen LogP contribution < -0.4 is 15.2 Å². The number of nitrogens with two attached hydrogens (primary N) is 1. The number of halogens is 2. The average Bonchev–Trinajstić information content (AvgIpc) is 2.49. The Morgan fingerprint density at radius 1 is 1.29 bits per heavy atom. The highest BCUT2D eigenvalue weighted by Crippen LogP contribution is 2.26. The largest absolute Gasteiger partial charge is 0.479 e. The molecule has 0 fully saturated rings. The second kappa shape index (κ2) is 7.16. The summed E-state index contributed by atoms with van der Waals surface area (Å²) in [5, 5.41) is 7.57. The number of anilines is 1. The van der Waals surface area contributed by atoms with Crippen LogP contribution in [0.5, 0.6) is 5.75 Å². The second-order valence-electron chi connectivity index (χ2n) is 4.90. The summed E-state index contributed by atoms with van der Waals surface area (Å²) in [4.78, 5) is 12.0. The molecule has 0 unspecified atom stereocenters. The molecular formula is C15H14ClFN2O4S. The topological polar surface area (TPSA) is 98.5 Å². The molecule has 0 aliphatic heterocycles. The standard InChI is InChI=1S/C15H14ClFN2O4S/c1-9(23-14-6-5-10(17)7-13(14)16)15(20)19-11-3-2-4-12(8-11)24(18,21)22/h2-9H,1H3,(H,19,20)(H2,18,21,22)/t9-/m0/s1. The van der Waals surface area contributed by atoms with Crippen LogP contribution in [-0.4, -0.2) is 20.4 Å². The number of carbonyl (C=O) groups is 1. The first-order valence-electron chi connectivity index (χ1n) is 6.72. The molecular weight excluding hydrogens is 359 g/mol. The van der Waals surface area contributed by atoms with E-state index in [0.717, 1.165) is 12.1 Å². The summed E-state index contributed by atoms with van der Waals surface area (Å²) in [6, 6.07) is 9.01. The van der Waals surface area contributed by atoms with Crippen LogP contribution in [0.2, 0.25) is 5.02 Å². The van der Waals surface area contributed by atoms with Crippen molar-refractivity contribution in [3.8, 4) is 5.75 Å². The number of ether oxygens (including phenoxy) is 1. The first-order chi connectivity index (χ1) is 11.2. The van der Waals surface area contributed by atoms with Gasteiger partial charge in [0.1, 0.15) is 11.6 Å². The second-order valence-corrected chi connectivity index (χ2v) is 6.87. The first-order valence-corrected chi connectivity index (χ1v) is 8.64. The molecule has 0 radical (unpaired) electrons. The lowest BCUT2D eigenvalue weighted by molar-refractivity contribution is -0.122. The quantitative estimate of drug-likeness (QED) is 0.842. The van der Waals surface area contributed by atoms with Crippen LogP contribution in [0, 0.1) is 5.82 Å². The third-order valence-corrected chi connectivity index (χ3v) is 4.20. The van der Waals surface area contributed by atoms with Crippen LogP contribution in [0.4, 0.5) is 10.1 Å². The fraction of sp³-hybridized carbons (Fsp3) is 0.133. The fourth-order valence-electron chi connectivity index (χ4n) is 1.81. The maximum Gasteiger partial charge on any atom is 0.265 e. The molecule has 2 aromatic rings. The monoisotopic (exact) mass is 372 g/mol. The molecule has 0 saturated heterocycles. The molecule has 0 bridgehead atoms. The number of sulfonamides is 1. The average molecular weight is 373 g/mol. The zero-order valence-corrected chi connectivity index (χ0v) is 14.1. The van der Waals surface area contributed by atoms with E-state index in [4.69, 9.17) is 21.5 Å². The van der Waals surface area contributed by atoms with Gasteiger partial charge in [-0.15, -0.1) is 0 Å². The maximum absolute atomic E-state index is 13.0. The lowest BCUT2D eigenvalue weighted by atomic mass is 10.3. The van der Waals surface area contributed by atoms with E-state index in [0.29, 0.717) is 0 Å². The number of nitrogens with one attached hydrogen (secondary N) is 1. The van der Waals surface area contributed by atoms with Gasteiger partial charge < -0.3 is 10.1 Å². The van der Waals surface area contributed by atoms with E-state index in [-0.39, 0.29) is 21.4 Å². The third-order valence-electron chi connectivity index (χ3n) is 3.00. The Labute approximate surface area is 143 Å². The summed E-state index contributed by atoms with van der Waals surface area (Å²) in [7, 11) is -3.88. The Morgan fingerprint density at radius 3 is 2.62 bits per heavy atom. The molecule has 0 aromatic heterocycles. The number of hydrogen-bond acceptors (Lipinski definition) is 4. The predicted molar refractivity (Wildman–Crippen MR) is 87.9 cm³/mol. The Kier molecular flexibility index (Phi) is 5.43. The van der Waals surface area contributed by atoms with E-state index < -0.39 is 27.9 Å². The van der Waals surface area contributed by atoms with Gasteiger partial charge in [-0.25, -0.2) is 17.9 Å². The Bertz CT molecular complexity index is 874. The van der Waals surface area contributed by atoms with Gasteiger partial charge in [0, 0.05) is 5.69 Å². The zero-order valence-electron chi connectivity index (χ0n) is 12.5. The van der Waals surface area contributed by atoms with Gasteiger partial charge in [0.05, 0.1) is 9.92 Å². The van der Waals surface area contributed by atoms with Crippen molar-refractivity contribution in [3.05, 3.63) is 53.3 Å². The highest BCUT2D eigenvalue weighted by Gasteiger charge is 2.17. The zero-order chi connectivity index (χ0) is 17.9. The van der Waals surface area contributed by atoms with Crippen molar-refractivity contribution in [3.63, 3.8) is 0 Å². The van der Waals surface area contributed by atoms with Gasteiger partial charge >= 0.3 is 0 Å². The number of hydrogen-bond donors (Lipinski definition) is 2. The number of rotatable bonds is 5. The molecule has 0 aliphatic rings. The molecule has 2 aromatic carbocycles. The molecule has 6 nitrogen and oxygen atoms in total. The van der Waals surface area contributed by atoms with Crippen molar-refractivity contribution < 1.29 is 22.3 Å². The number of benzene rings is 2. The van der Waals surface area contributed by atoms with Crippen LogP contribution >= 0.6 is 11.6 Å². The van der Waals surface area contributed by atoms with Crippen LogP contribution in [0.1, 0.15) is 6.92 Å². The van der Waals surface area contributed by atoms with E-state index in [1.165, 1.54) is 37.3 Å². The lowest BCUT2D eigenvalue weighted by Gasteiger charge is -2.16. The summed E-state index contributed by atoms with van der Waals surface area (Å²) in [5.41, 5.74) is 0.243. The van der Waals surface area contributed by atoms with Crippen molar-refractivity contribution in [1.82, 2.24) is 0 Å². The van der Waals surface area contributed by atoms with E-state index in [1.807, 2.05) is 0 Å². The molecule has 1 atom stereocenters. The van der Waals surface area contributed by atoms with E-state index in [2.05, 4.69) is 5.32 Å². The lowest BCUT2D eigenvalue weighted by Crippen LogP contribution is -2.30. The van der Waals surface area contributed by atoms with Gasteiger partial charge in [-0.3, -0.25) is 4.79 Å². The van der Waals surface area contributed by atoms with Gasteiger partial charge in [-0.1, -0.05) is 17.7 Å². The Hall–Kier alpha value is -2.16. The Morgan fingerprint density at radius 2 is 2.00 bits per heavy atom. The SMILES string of the molecule is C[C@H](Oc1ccc(F)cc1Cl)C(=O)Nc1cccc(S(N)(=O)=O)c1. The molecule has 0 saturated carbocycles. The van der Waals surface area contributed by atoms with Gasteiger partial charge in [0.25, 0.3) is 5.91 Å². The summed E-state index contributed by atoms with van der Waals surface area (Å²) in [6.45, 7) is 1.47. The molecule has 24 heavy (non-hydrogen) atoms. The minimum Gasteiger partial charge on any atom is -0.479 e. The van der Waals surface area contributed by atoms with Crippen LogP contribution in [0.25, 0.3) is 0 Å². The van der Waals surface area contributed by atoms with Gasteiger partial charge in [0.15, 0.2) is 6.10 Å². The van der Waals surface area contributed by atoms with E-state index in [1.54, 1.807) is 0 Å². The highest BCUT2D eigenvalue weighted by atomic mass is 35.5. The van der Waals surface area contributed by atoms with Crippen molar-refractivity contribution in [2.24, 2.45) is 5.14 Å². The van der Waals surface area contributed by atoms with Crippen molar-refractivity contribution in [2.75, 3.05) is 5.32 Å². The molecule has 1 amide bonds. The smallest absolute Gasteiger partial charge is 0.265 e. The normalized spacial score (nSPS) is 12.5. The summed E-state index contributed by atoms with van der Waals surface area (Å²) >= 11 is 5.83.